The van der Waals surface area contributed by atoms with Gasteiger partial charge in [-0.15, -0.1) is 0 Å². The second kappa shape index (κ2) is 10.1. The first kappa shape index (κ1) is 27.5. The fourth-order valence-electron chi connectivity index (χ4n) is 3.97. The van der Waals surface area contributed by atoms with Crippen molar-refractivity contribution in [3.8, 4) is 0 Å². The topological polar surface area (TPSA) is 119 Å². The Morgan fingerprint density at radius 2 is 1.69 bits per heavy atom. The van der Waals surface area contributed by atoms with Gasteiger partial charge in [-0.2, -0.15) is 12.6 Å². The molecule has 196 valence electrons. The highest BCUT2D eigenvalue weighted by atomic mass is 32.1. The maximum atomic E-state index is 12.9. The lowest BCUT2D eigenvalue weighted by atomic mass is 10.1. The quantitative estimate of drug-likeness (QED) is 0.315. The number of thiol groups is 1. The molecule has 1 fully saturated rings. The molecule has 2 amide bonds. The number of likely N-dealkylation sites (tertiary alicyclic amines) is 1. The number of rotatable bonds is 5. The summed E-state index contributed by atoms with van der Waals surface area (Å²) in [4.78, 5) is 51.7. The Balaban J connectivity index is 1.77. The summed E-state index contributed by atoms with van der Waals surface area (Å²) >= 11 is 4.43. The van der Waals surface area contributed by atoms with Crippen LogP contribution >= 0.6 is 12.6 Å². The van der Waals surface area contributed by atoms with Gasteiger partial charge in [0, 0.05) is 29.8 Å². The lowest BCUT2D eigenvalue weighted by molar-refractivity contribution is -0.126. The molecule has 0 aliphatic carbocycles. The zero-order chi connectivity index (χ0) is 26.9. The lowest BCUT2D eigenvalue weighted by Crippen LogP contribution is -2.64. The lowest BCUT2D eigenvalue weighted by Gasteiger charge is -2.35. The van der Waals surface area contributed by atoms with Gasteiger partial charge in [0.25, 0.3) is 0 Å². The van der Waals surface area contributed by atoms with Gasteiger partial charge in [-0.05, 0) is 53.2 Å². The Bertz CT molecular complexity index is 1170. The van der Waals surface area contributed by atoms with Crippen molar-refractivity contribution in [1.82, 2.24) is 20.3 Å². The van der Waals surface area contributed by atoms with Gasteiger partial charge in [0.15, 0.2) is 11.9 Å². The molecule has 2 aromatic rings. The van der Waals surface area contributed by atoms with E-state index in [1.54, 1.807) is 59.9 Å². The average molecular weight is 519 g/mol. The summed E-state index contributed by atoms with van der Waals surface area (Å²) in [6.07, 6.45) is 0.990. The van der Waals surface area contributed by atoms with Crippen LogP contribution in [0.25, 0.3) is 10.9 Å². The van der Waals surface area contributed by atoms with Crippen molar-refractivity contribution in [3.63, 3.8) is 0 Å². The Morgan fingerprint density at radius 3 is 2.31 bits per heavy atom. The first-order valence-electron chi connectivity index (χ1n) is 11.7. The first-order valence-corrected chi connectivity index (χ1v) is 12.2. The number of aromatic nitrogens is 1. The summed E-state index contributed by atoms with van der Waals surface area (Å²) in [7, 11) is 0. The van der Waals surface area contributed by atoms with Crippen LogP contribution in [0, 0.1) is 0 Å². The molecule has 0 saturated carbocycles. The standard InChI is InChI=1S/C25H34N4O6S/c1-23(2,3)34-21(32)28-13-16(18-9-7-8-10-19(18)28)11-20(31)26-27-25(15-30)12-17(36)14-29(25)22(33)35-24(4,5)6/h7-10,13,15,17,27,36H,11-12,14H2,1-6H3,(H,26,31)/t17-,25+/m0/s1. The van der Waals surface area contributed by atoms with E-state index in [2.05, 4.69) is 23.5 Å². The minimum atomic E-state index is -1.51. The van der Waals surface area contributed by atoms with E-state index in [9.17, 15) is 19.2 Å². The molecular formula is C25H34N4O6S. The van der Waals surface area contributed by atoms with Crippen LogP contribution in [0.5, 0.6) is 0 Å². The minimum absolute atomic E-state index is 0.0883. The number of nitrogens with one attached hydrogen (secondary N) is 2. The molecule has 0 unspecified atom stereocenters. The molecule has 1 aliphatic heterocycles. The van der Waals surface area contributed by atoms with Crippen molar-refractivity contribution in [3.05, 3.63) is 36.0 Å². The maximum Gasteiger partial charge on any atom is 0.419 e. The van der Waals surface area contributed by atoms with E-state index in [1.165, 1.54) is 9.47 Å². The van der Waals surface area contributed by atoms with E-state index in [-0.39, 0.29) is 24.6 Å². The molecule has 3 rings (SSSR count). The van der Waals surface area contributed by atoms with Gasteiger partial charge in [0.05, 0.1) is 11.9 Å². The van der Waals surface area contributed by atoms with Crippen molar-refractivity contribution in [1.29, 1.82) is 0 Å². The molecule has 0 bridgehead atoms. The van der Waals surface area contributed by atoms with Crippen LogP contribution < -0.4 is 10.9 Å². The number of para-hydroxylation sites is 1. The van der Waals surface area contributed by atoms with E-state index < -0.39 is 35.0 Å². The number of nitrogens with zero attached hydrogens (tertiary/aromatic N) is 2. The minimum Gasteiger partial charge on any atom is -0.444 e. The predicted octanol–water partition coefficient (Wildman–Crippen LogP) is 3.42. The molecule has 0 spiro atoms. The number of ether oxygens (including phenoxy) is 2. The predicted molar refractivity (Wildman–Crippen MR) is 138 cm³/mol. The Hall–Kier alpha value is -3.05. The summed E-state index contributed by atoms with van der Waals surface area (Å²) in [5.74, 6) is -0.463. The molecule has 1 aromatic carbocycles. The molecule has 1 aliphatic rings. The van der Waals surface area contributed by atoms with E-state index in [0.29, 0.717) is 17.4 Å². The maximum absolute atomic E-state index is 12.9. The second-order valence-electron chi connectivity index (χ2n) is 10.9. The largest absolute Gasteiger partial charge is 0.444 e. The molecule has 1 saturated heterocycles. The zero-order valence-corrected chi connectivity index (χ0v) is 22.3. The summed E-state index contributed by atoms with van der Waals surface area (Å²) in [6, 6.07) is 7.19. The van der Waals surface area contributed by atoms with Crippen molar-refractivity contribution in [2.45, 2.75) is 76.5 Å². The highest BCUT2D eigenvalue weighted by molar-refractivity contribution is 7.81. The van der Waals surface area contributed by atoms with Gasteiger partial charge in [-0.1, -0.05) is 18.2 Å². The van der Waals surface area contributed by atoms with Crippen molar-refractivity contribution in [2.75, 3.05) is 6.54 Å². The van der Waals surface area contributed by atoms with Crippen LogP contribution in [-0.2, 0) is 25.5 Å². The summed E-state index contributed by atoms with van der Waals surface area (Å²) in [5, 5.41) is 0.425. The number of hydrazine groups is 1. The Labute approximate surface area is 216 Å². The van der Waals surface area contributed by atoms with Gasteiger partial charge in [0.2, 0.25) is 5.91 Å². The van der Waals surface area contributed by atoms with Crippen LogP contribution in [0.1, 0.15) is 53.5 Å². The highest BCUT2D eigenvalue weighted by Crippen LogP contribution is 2.30. The third-order valence-corrected chi connectivity index (χ3v) is 5.73. The van der Waals surface area contributed by atoms with E-state index in [0.717, 1.165) is 5.39 Å². The monoisotopic (exact) mass is 518 g/mol. The molecule has 36 heavy (non-hydrogen) atoms. The molecule has 2 N–H and O–H groups in total. The van der Waals surface area contributed by atoms with Crippen LogP contribution in [-0.4, -0.2) is 62.5 Å². The summed E-state index contributed by atoms with van der Waals surface area (Å²) < 4.78 is 12.3. The fraction of sp³-hybridized carbons (Fsp3) is 0.520. The van der Waals surface area contributed by atoms with Crippen molar-refractivity contribution < 1.29 is 28.7 Å². The third-order valence-electron chi connectivity index (χ3n) is 5.38. The smallest absolute Gasteiger partial charge is 0.419 e. The zero-order valence-electron chi connectivity index (χ0n) is 21.5. The number of hydrogen-bond donors (Lipinski definition) is 3. The molecule has 10 nitrogen and oxygen atoms in total. The van der Waals surface area contributed by atoms with Gasteiger partial charge < -0.3 is 9.47 Å². The third kappa shape index (κ3) is 6.38. The van der Waals surface area contributed by atoms with E-state index in [4.69, 9.17) is 9.47 Å². The van der Waals surface area contributed by atoms with E-state index >= 15 is 0 Å². The van der Waals surface area contributed by atoms with E-state index in [1.807, 2.05) is 12.1 Å². The number of benzene rings is 1. The fourth-order valence-corrected chi connectivity index (χ4v) is 4.41. The normalized spacial score (nSPS) is 20.3. The molecule has 11 heteroatoms. The van der Waals surface area contributed by atoms with Crippen molar-refractivity contribution in [2.24, 2.45) is 0 Å². The molecule has 2 atom stereocenters. The molecular weight excluding hydrogens is 484 g/mol. The van der Waals surface area contributed by atoms with Gasteiger partial charge in [-0.25, -0.2) is 15.0 Å². The van der Waals surface area contributed by atoms with Crippen LogP contribution in [0.3, 0.4) is 0 Å². The summed E-state index contributed by atoms with van der Waals surface area (Å²) in [5.41, 5.74) is 3.54. The number of hydrogen-bond acceptors (Lipinski definition) is 8. The highest BCUT2D eigenvalue weighted by Gasteiger charge is 2.49. The van der Waals surface area contributed by atoms with Crippen LogP contribution in [0.4, 0.5) is 9.59 Å². The molecule has 2 heterocycles. The Morgan fingerprint density at radius 1 is 1.08 bits per heavy atom. The van der Waals surface area contributed by atoms with Crippen molar-refractivity contribution >= 4 is 47.9 Å². The van der Waals surface area contributed by atoms with Crippen LogP contribution in [0.2, 0.25) is 0 Å². The Kier molecular flexibility index (Phi) is 7.75. The summed E-state index contributed by atoms with van der Waals surface area (Å²) in [6.45, 7) is 10.7. The number of fused-ring (bicyclic) bond motifs is 1. The second-order valence-corrected chi connectivity index (χ2v) is 11.6. The van der Waals surface area contributed by atoms with Gasteiger partial charge >= 0.3 is 12.2 Å². The van der Waals surface area contributed by atoms with Gasteiger partial charge in [0.1, 0.15) is 11.2 Å². The SMILES string of the molecule is CC(C)(C)OC(=O)N1C[C@@H](S)C[C@@]1(C=O)NNC(=O)Cc1cn(C(=O)OC(C)(C)C)c2ccccc12. The number of carbonyl (C=O) groups excluding carboxylic acids is 4. The molecule has 1 aromatic heterocycles. The number of amides is 2. The van der Waals surface area contributed by atoms with Gasteiger partial charge in [-0.3, -0.25) is 24.5 Å². The first-order chi connectivity index (χ1) is 16.6. The van der Waals surface area contributed by atoms with Crippen LogP contribution in [0.15, 0.2) is 30.5 Å². The number of aldehydes is 1. The molecule has 0 radical (unpaired) electrons. The average Bonchev–Trinajstić information content (AvgIpc) is 3.28. The number of carbonyl (C=O) groups is 4.